The van der Waals surface area contributed by atoms with E-state index in [0.29, 0.717) is 13.0 Å². The van der Waals surface area contributed by atoms with Gasteiger partial charge in [0.05, 0.1) is 19.3 Å². The molecule has 1 aromatic heterocycles. The number of carbonyl (C=O) groups excluding carboxylic acids is 1. The zero-order valence-electron chi connectivity index (χ0n) is 18.9. The zero-order valence-corrected chi connectivity index (χ0v) is 18.9. The predicted octanol–water partition coefficient (Wildman–Crippen LogP) is 2.35. The van der Waals surface area contributed by atoms with Crippen molar-refractivity contribution < 1.29 is 14.6 Å². The minimum atomic E-state index is -0.344. The average molecular weight is 441 g/mol. The van der Waals surface area contributed by atoms with Gasteiger partial charge in [-0.2, -0.15) is 5.10 Å². The highest BCUT2D eigenvalue weighted by atomic mass is 16.5. The van der Waals surface area contributed by atoms with E-state index >= 15 is 0 Å². The maximum Gasteiger partial charge on any atom is 0.220 e. The molecule has 0 radical (unpaired) electrons. The van der Waals surface area contributed by atoms with Gasteiger partial charge in [-0.1, -0.05) is 30.3 Å². The van der Waals surface area contributed by atoms with Crippen LogP contribution in [0.15, 0.2) is 48.8 Å². The topological polar surface area (TPSA) is 79.6 Å². The lowest BCUT2D eigenvalue weighted by Crippen LogP contribution is -2.48. The van der Waals surface area contributed by atoms with E-state index in [1.165, 1.54) is 5.56 Å². The van der Waals surface area contributed by atoms with Crippen LogP contribution >= 0.6 is 0 Å². The van der Waals surface area contributed by atoms with Gasteiger partial charge in [-0.15, -0.1) is 0 Å². The Kier molecular flexibility index (Phi) is 7.95. The van der Waals surface area contributed by atoms with E-state index in [0.717, 1.165) is 65.0 Å². The Bertz CT molecular complexity index is 823. The van der Waals surface area contributed by atoms with Crippen molar-refractivity contribution >= 4 is 5.91 Å². The van der Waals surface area contributed by atoms with Crippen LogP contribution in [0.25, 0.3) is 0 Å². The summed E-state index contributed by atoms with van der Waals surface area (Å²) in [6.45, 7) is 4.60. The number of aromatic nitrogens is 2. The summed E-state index contributed by atoms with van der Waals surface area (Å²) >= 11 is 0. The number of aliphatic hydroxyl groups excluding tert-OH is 1. The number of nitrogens with zero attached hydrogens (tertiary/aromatic N) is 3. The van der Waals surface area contributed by atoms with Crippen LogP contribution < -0.4 is 5.32 Å². The molecule has 7 nitrogen and oxygen atoms in total. The smallest absolute Gasteiger partial charge is 0.220 e. The SMILES string of the molecule is O=C(CCCn1cccn1)NC[C@]1(c2ccccc2)CC[C@H](O)[C@@H](N2CCOCC2)CC1. The molecule has 1 saturated carbocycles. The van der Waals surface area contributed by atoms with Crippen molar-refractivity contribution in [3.05, 3.63) is 54.4 Å². The molecule has 1 saturated heterocycles. The largest absolute Gasteiger partial charge is 0.391 e. The maximum atomic E-state index is 12.6. The van der Waals surface area contributed by atoms with Crippen LogP contribution in [0.4, 0.5) is 0 Å². The Morgan fingerprint density at radius 2 is 1.94 bits per heavy atom. The third kappa shape index (κ3) is 5.77. The van der Waals surface area contributed by atoms with Crippen LogP contribution in [0.2, 0.25) is 0 Å². The number of carbonyl (C=O) groups is 1. The zero-order chi connectivity index (χ0) is 22.2. The van der Waals surface area contributed by atoms with Crippen LogP contribution in [-0.4, -0.2) is 70.7 Å². The number of rotatable bonds is 8. The summed E-state index contributed by atoms with van der Waals surface area (Å²) in [6, 6.07) is 12.6. The Hall–Kier alpha value is -2.22. The minimum absolute atomic E-state index is 0.0852. The minimum Gasteiger partial charge on any atom is -0.391 e. The van der Waals surface area contributed by atoms with E-state index in [-0.39, 0.29) is 23.5 Å². The molecule has 2 heterocycles. The van der Waals surface area contributed by atoms with Crippen molar-refractivity contribution in [1.29, 1.82) is 0 Å². The summed E-state index contributed by atoms with van der Waals surface area (Å²) in [6.07, 6.45) is 8.07. The molecule has 2 N–H and O–H groups in total. The molecule has 2 fully saturated rings. The van der Waals surface area contributed by atoms with Gasteiger partial charge < -0.3 is 15.2 Å². The fourth-order valence-electron chi connectivity index (χ4n) is 5.24. The number of benzene rings is 1. The molecule has 0 bridgehead atoms. The molecule has 0 unspecified atom stereocenters. The molecule has 1 amide bonds. The molecule has 3 atom stereocenters. The van der Waals surface area contributed by atoms with Gasteiger partial charge in [0.2, 0.25) is 5.91 Å². The Balaban J connectivity index is 1.40. The van der Waals surface area contributed by atoms with Gasteiger partial charge >= 0.3 is 0 Å². The van der Waals surface area contributed by atoms with Gasteiger partial charge in [0.15, 0.2) is 0 Å². The first kappa shape index (κ1) is 23.0. The molecule has 7 heteroatoms. The van der Waals surface area contributed by atoms with Gasteiger partial charge in [-0.25, -0.2) is 0 Å². The second-order valence-corrected chi connectivity index (χ2v) is 9.16. The van der Waals surface area contributed by atoms with E-state index in [9.17, 15) is 9.90 Å². The lowest BCUT2D eigenvalue weighted by atomic mass is 9.74. The lowest BCUT2D eigenvalue weighted by Gasteiger charge is -2.37. The quantitative estimate of drug-likeness (QED) is 0.616. The number of aryl methyl sites for hydroxylation is 1. The van der Waals surface area contributed by atoms with E-state index in [1.807, 2.05) is 23.0 Å². The second-order valence-electron chi connectivity index (χ2n) is 9.16. The Morgan fingerprint density at radius 1 is 1.16 bits per heavy atom. The first-order valence-electron chi connectivity index (χ1n) is 12.0. The third-order valence-electron chi connectivity index (χ3n) is 7.16. The van der Waals surface area contributed by atoms with Crippen molar-refractivity contribution in [3.8, 4) is 0 Å². The van der Waals surface area contributed by atoms with Crippen molar-refractivity contribution in [2.45, 2.75) is 62.6 Å². The van der Waals surface area contributed by atoms with Crippen LogP contribution in [0, 0.1) is 0 Å². The molecule has 0 spiro atoms. The van der Waals surface area contributed by atoms with Gasteiger partial charge in [0.1, 0.15) is 0 Å². The third-order valence-corrected chi connectivity index (χ3v) is 7.16. The average Bonchev–Trinajstić information content (AvgIpc) is 3.29. The van der Waals surface area contributed by atoms with Crippen LogP contribution in [0.1, 0.15) is 44.1 Å². The number of hydrogen-bond acceptors (Lipinski definition) is 5. The van der Waals surface area contributed by atoms with E-state index in [2.05, 4.69) is 39.6 Å². The number of aliphatic hydroxyl groups is 1. The maximum absolute atomic E-state index is 12.6. The molecule has 1 aromatic carbocycles. The summed E-state index contributed by atoms with van der Waals surface area (Å²) < 4.78 is 7.37. The van der Waals surface area contributed by atoms with Crippen molar-refractivity contribution in [2.24, 2.45) is 0 Å². The fourth-order valence-corrected chi connectivity index (χ4v) is 5.24. The fraction of sp³-hybridized carbons (Fsp3) is 0.600. The van der Waals surface area contributed by atoms with E-state index < -0.39 is 0 Å². The standard InChI is InChI=1S/C25H36N4O3/c30-23-10-12-25(21-6-2-1-3-7-21,11-9-22(23)28-16-18-32-19-17-28)20-26-24(31)8-4-14-29-15-5-13-27-29/h1-3,5-7,13,15,22-23,30H,4,8-12,14,16-20H2,(H,26,31)/t22-,23-,25+/m0/s1. The summed E-state index contributed by atoms with van der Waals surface area (Å²) in [5.74, 6) is 0.0852. The molecule has 32 heavy (non-hydrogen) atoms. The number of nitrogens with one attached hydrogen (secondary N) is 1. The number of amides is 1. The summed E-state index contributed by atoms with van der Waals surface area (Å²) in [5.41, 5.74) is 1.10. The molecule has 2 aromatic rings. The first-order valence-corrected chi connectivity index (χ1v) is 12.0. The highest BCUT2D eigenvalue weighted by molar-refractivity contribution is 5.76. The van der Waals surface area contributed by atoms with Gasteiger partial charge in [-0.3, -0.25) is 14.4 Å². The Labute approximate surface area is 190 Å². The predicted molar refractivity (Wildman–Crippen MR) is 123 cm³/mol. The molecule has 1 aliphatic heterocycles. The summed E-state index contributed by atoms with van der Waals surface area (Å²) in [5, 5.41) is 18.4. The van der Waals surface area contributed by atoms with E-state index in [1.54, 1.807) is 6.20 Å². The summed E-state index contributed by atoms with van der Waals surface area (Å²) in [7, 11) is 0. The van der Waals surface area contributed by atoms with Crippen molar-refractivity contribution in [1.82, 2.24) is 20.0 Å². The highest BCUT2D eigenvalue weighted by Crippen LogP contribution is 2.39. The van der Waals surface area contributed by atoms with Crippen LogP contribution in [0.5, 0.6) is 0 Å². The Morgan fingerprint density at radius 3 is 2.69 bits per heavy atom. The molecular weight excluding hydrogens is 404 g/mol. The van der Waals surface area contributed by atoms with Gasteiger partial charge in [-0.05, 0) is 43.7 Å². The molecule has 4 rings (SSSR count). The molecular formula is C25H36N4O3. The van der Waals surface area contributed by atoms with E-state index in [4.69, 9.17) is 4.74 Å². The number of hydrogen-bond donors (Lipinski definition) is 2. The monoisotopic (exact) mass is 440 g/mol. The molecule has 2 aliphatic rings. The second kappa shape index (κ2) is 11.1. The van der Waals surface area contributed by atoms with Crippen molar-refractivity contribution in [3.63, 3.8) is 0 Å². The van der Waals surface area contributed by atoms with Gasteiger partial charge in [0, 0.05) is 56.5 Å². The molecule has 1 aliphatic carbocycles. The highest BCUT2D eigenvalue weighted by Gasteiger charge is 2.40. The van der Waals surface area contributed by atoms with Crippen molar-refractivity contribution in [2.75, 3.05) is 32.8 Å². The number of ether oxygens (including phenoxy) is 1. The normalized spacial score (nSPS) is 27.0. The van der Waals surface area contributed by atoms with Gasteiger partial charge in [0.25, 0.3) is 0 Å². The van der Waals surface area contributed by atoms with Crippen LogP contribution in [0.3, 0.4) is 0 Å². The van der Waals surface area contributed by atoms with Crippen LogP contribution in [-0.2, 0) is 21.5 Å². The first-order chi connectivity index (χ1) is 15.7. The molecule has 174 valence electrons. The summed E-state index contributed by atoms with van der Waals surface area (Å²) in [4.78, 5) is 15.0. The number of morpholine rings is 1. The lowest BCUT2D eigenvalue weighted by molar-refractivity contribution is -0.121.